The molecule has 0 aliphatic heterocycles. The van der Waals surface area contributed by atoms with Crippen molar-refractivity contribution in [1.29, 1.82) is 0 Å². The number of benzene rings is 2. The van der Waals surface area contributed by atoms with Crippen LogP contribution in [-0.2, 0) is 0 Å². The van der Waals surface area contributed by atoms with Gasteiger partial charge in [0.25, 0.3) is 0 Å². The molecule has 8 nitrogen and oxygen atoms in total. The number of aromatic nitrogens is 4. The van der Waals surface area contributed by atoms with Gasteiger partial charge in [-0.05, 0) is 18.2 Å². The van der Waals surface area contributed by atoms with E-state index in [4.69, 9.17) is 9.47 Å². The average molecular weight is 380 g/mol. The summed E-state index contributed by atoms with van der Waals surface area (Å²) in [5, 5.41) is 13.8. The highest BCUT2D eigenvalue weighted by Gasteiger charge is 2.10. The Morgan fingerprint density at radius 1 is 0.929 bits per heavy atom. The number of halogens is 1. The summed E-state index contributed by atoms with van der Waals surface area (Å²) >= 11 is 0. The molecule has 28 heavy (non-hydrogen) atoms. The van der Waals surface area contributed by atoms with Gasteiger partial charge in [0.05, 0.1) is 32.1 Å². The van der Waals surface area contributed by atoms with Gasteiger partial charge in [0, 0.05) is 35.0 Å². The molecule has 0 radical (unpaired) electrons. The standard InChI is InChI=1S/C19H17FN6O2/c1-27-14-5-13(6-15(8-14)28-2)24-19-21-10-16(20)18(25-19)23-12-4-3-11-9-22-26-17(11)7-12/h3-10H,1-2H3,(H,22,26)(H2,21,23,24,25). The van der Waals surface area contributed by atoms with Crippen molar-refractivity contribution in [1.82, 2.24) is 20.2 Å². The van der Waals surface area contributed by atoms with Gasteiger partial charge in [-0.15, -0.1) is 0 Å². The van der Waals surface area contributed by atoms with E-state index in [-0.39, 0.29) is 11.8 Å². The quantitative estimate of drug-likeness (QED) is 0.465. The van der Waals surface area contributed by atoms with Crippen molar-refractivity contribution in [3.8, 4) is 11.5 Å². The summed E-state index contributed by atoms with van der Waals surface area (Å²) in [6.45, 7) is 0. The lowest BCUT2D eigenvalue weighted by molar-refractivity contribution is 0.395. The largest absolute Gasteiger partial charge is 0.497 e. The van der Waals surface area contributed by atoms with Crippen LogP contribution >= 0.6 is 0 Å². The van der Waals surface area contributed by atoms with Gasteiger partial charge in [-0.2, -0.15) is 10.1 Å². The molecular weight excluding hydrogens is 363 g/mol. The van der Waals surface area contributed by atoms with E-state index < -0.39 is 5.82 Å². The molecule has 0 aliphatic carbocycles. The van der Waals surface area contributed by atoms with Gasteiger partial charge < -0.3 is 20.1 Å². The molecule has 9 heteroatoms. The third kappa shape index (κ3) is 3.63. The molecule has 0 bridgehead atoms. The number of nitrogens with one attached hydrogen (secondary N) is 3. The fourth-order valence-electron chi connectivity index (χ4n) is 2.68. The second-order valence-corrected chi connectivity index (χ2v) is 5.91. The molecule has 142 valence electrons. The lowest BCUT2D eigenvalue weighted by Gasteiger charge is -2.11. The smallest absolute Gasteiger partial charge is 0.229 e. The molecule has 2 aromatic heterocycles. The van der Waals surface area contributed by atoms with Crippen LogP contribution in [0.5, 0.6) is 11.5 Å². The first kappa shape index (κ1) is 17.5. The minimum atomic E-state index is -0.571. The van der Waals surface area contributed by atoms with E-state index in [1.807, 2.05) is 18.2 Å². The van der Waals surface area contributed by atoms with Gasteiger partial charge in [0.2, 0.25) is 5.95 Å². The van der Waals surface area contributed by atoms with Crippen LogP contribution in [0.1, 0.15) is 0 Å². The Morgan fingerprint density at radius 2 is 1.71 bits per heavy atom. The first-order valence-electron chi connectivity index (χ1n) is 8.37. The number of anilines is 4. The fourth-order valence-corrected chi connectivity index (χ4v) is 2.68. The topological polar surface area (TPSA) is 97.0 Å². The molecule has 4 aromatic rings. The molecule has 4 rings (SSSR count). The summed E-state index contributed by atoms with van der Waals surface area (Å²) in [7, 11) is 3.12. The van der Waals surface area contributed by atoms with E-state index in [0.717, 1.165) is 17.1 Å². The Balaban J connectivity index is 1.60. The minimum Gasteiger partial charge on any atom is -0.497 e. The van der Waals surface area contributed by atoms with Crippen LogP contribution in [0.2, 0.25) is 0 Å². The van der Waals surface area contributed by atoms with E-state index in [9.17, 15) is 4.39 Å². The van der Waals surface area contributed by atoms with Crippen molar-refractivity contribution in [3.63, 3.8) is 0 Å². The molecule has 3 N–H and O–H groups in total. The van der Waals surface area contributed by atoms with E-state index in [1.165, 1.54) is 0 Å². The molecule has 0 unspecified atom stereocenters. The van der Waals surface area contributed by atoms with Crippen LogP contribution in [-0.4, -0.2) is 34.4 Å². The maximum absolute atomic E-state index is 14.2. The lowest BCUT2D eigenvalue weighted by Crippen LogP contribution is -2.03. The number of nitrogens with zero attached hydrogens (tertiary/aromatic N) is 3. The number of hydrogen-bond donors (Lipinski definition) is 3. The molecule has 0 fully saturated rings. The van der Waals surface area contributed by atoms with Crippen LogP contribution in [0.15, 0.2) is 48.8 Å². The fraction of sp³-hybridized carbons (Fsp3) is 0.105. The number of ether oxygens (including phenoxy) is 2. The van der Waals surface area contributed by atoms with E-state index in [2.05, 4.69) is 30.8 Å². The van der Waals surface area contributed by atoms with Gasteiger partial charge in [-0.1, -0.05) is 0 Å². The van der Waals surface area contributed by atoms with Crippen molar-refractivity contribution >= 4 is 34.0 Å². The van der Waals surface area contributed by atoms with Gasteiger partial charge in [-0.3, -0.25) is 5.10 Å². The summed E-state index contributed by atoms with van der Waals surface area (Å²) < 4.78 is 24.7. The zero-order valence-electron chi connectivity index (χ0n) is 15.2. The number of hydrogen-bond acceptors (Lipinski definition) is 7. The highest BCUT2D eigenvalue weighted by atomic mass is 19.1. The average Bonchev–Trinajstić information content (AvgIpc) is 3.18. The van der Waals surface area contributed by atoms with Gasteiger partial charge >= 0.3 is 0 Å². The Morgan fingerprint density at radius 3 is 2.46 bits per heavy atom. The SMILES string of the molecule is COc1cc(Nc2ncc(F)c(Nc3ccc4cn[nH]c4c3)n2)cc(OC)c1. The Bertz CT molecular complexity index is 1110. The number of rotatable bonds is 6. The predicted octanol–water partition coefficient (Wildman–Crippen LogP) is 4.00. The van der Waals surface area contributed by atoms with E-state index >= 15 is 0 Å². The van der Waals surface area contributed by atoms with Crippen molar-refractivity contribution in [2.45, 2.75) is 0 Å². The lowest BCUT2D eigenvalue weighted by atomic mass is 10.2. The number of fused-ring (bicyclic) bond motifs is 1. The molecule has 0 atom stereocenters. The summed E-state index contributed by atoms with van der Waals surface area (Å²) in [4.78, 5) is 8.22. The zero-order chi connectivity index (χ0) is 19.5. The second kappa shape index (κ2) is 7.39. The molecule has 0 saturated heterocycles. The van der Waals surface area contributed by atoms with Crippen LogP contribution in [0.3, 0.4) is 0 Å². The van der Waals surface area contributed by atoms with Crippen molar-refractivity contribution in [2.24, 2.45) is 0 Å². The zero-order valence-corrected chi connectivity index (χ0v) is 15.2. The number of aromatic amines is 1. The molecule has 2 heterocycles. The summed E-state index contributed by atoms with van der Waals surface area (Å²) in [5.74, 6) is 0.914. The molecule has 0 amide bonds. The summed E-state index contributed by atoms with van der Waals surface area (Å²) in [6, 6.07) is 10.8. The van der Waals surface area contributed by atoms with E-state index in [1.54, 1.807) is 38.6 Å². The molecular formula is C19H17FN6O2. The van der Waals surface area contributed by atoms with Crippen molar-refractivity contribution in [2.75, 3.05) is 24.9 Å². The van der Waals surface area contributed by atoms with Crippen LogP contribution < -0.4 is 20.1 Å². The van der Waals surface area contributed by atoms with E-state index in [0.29, 0.717) is 22.9 Å². The summed E-state index contributed by atoms with van der Waals surface area (Å²) in [6.07, 6.45) is 2.82. The maximum atomic E-state index is 14.2. The normalized spacial score (nSPS) is 10.7. The van der Waals surface area contributed by atoms with Crippen LogP contribution in [0.25, 0.3) is 10.9 Å². The third-order valence-electron chi connectivity index (χ3n) is 4.06. The van der Waals surface area contributed by atoms with Gasteiger partial charge in [0.1, 0.15) is 11.5 Å². The Kier molecular flexibility index (Phi) is 4.63. The highest BCUT2D eigenvalue weighted by Crippen LogP contribution is 2.28. The van der Waals surface area contributed by atoms with Crippen LogP contribution in [0, 0.1) is 5.82 Å². The minimum absolute atomic E-state index is 0.0474. The van der Waals surface area contributed by atoms with Gasteiger partial charge in [0.15, 0.2) is 11.6 Å². The first-order chi connectivity index (χ1) is 13.6. The molecule has 0 spiro atoms. The number of H-pyrrole nitrogens is 1. The summed E-state index contributed by atoms with van der Waals surface area (Å²) in [5.41, 5.74) is 2.15. The second-order valence-electron chi connectivity index (χ2n) is 5.91. The molecule has 0 aliphatic rings. The monoisotopic (exact) mass is 380 g/mol. The predicted molar refractivity (Wildman–Crippen MR) is 104 cm³/mol. The Hall–Kier alpha value is -3.88. The highest BCUT2D eigenvalue weighted by molar-refractivity contribution is 5.82. The molecule has 2 aromatic carbocycles. The van der Waals surface area contributed by atoms with Crippen molar-refractivity contribution < 1.29 is 13.9 Å². The van der Waals surface area contributed by atoms with Crippen LogP contribution in [0.4, 0.5) is 27.5 Å². The Labute approximate surface area is 159 Å². The first-order valence-corrected chi connectivity index (χ1v) is 8.37. The number of methoxy groups -OCH3 is 2. The maximum Gasteiger partial charge on any atom is 0.229 e. The molecule has 0 saturated carbocycles. The van der Waals surface area contributed by atoms with Crippen molar-refractivity contribution in [3.05, 3.63) is 54.6 Å². The third-order valence-corrected chi connectivity index (χ3v) is 4.06. The van der Waals surface area contributed by atoms with Gasteiger partial charge in [-0.25, -0.2) is 9.37 Å².